The fourth-order valence-corrected chi connectivity index (χ4v) is 6.05. The van der Waals surface area contributed by atoms with Gasteiger partial charge < -0.3 is 19.1 Å². The standard InChI is InChI=1S/C41H39ClFN3O4.ClH/c1-30-26-36(50-41-17-15-37(27-44-41)49-29-33-4-2-3-5-39(33)42)14-16-38(30)40(18-24-47)46-22-20-45(21-23-46)28-32-8-6-31(7-9-32)19-25-48-35-12-10-34(43)11-13-35;/h2-18,24,26-27H,19-23,25,28-29H2,1H3;1H/b40-18+;. The number of aryl methyl sites for hydroxylation is 1. The summed E-state index contributed by atoms with van der Waals surface area (Å²) in [6.45, 7) is 7.15. The Bertz CT molecular complexity index is 1900. The Labute approximate surface area is 309 Å². The Hall–Kier alpha value is -4.89. The summed E-state index contributed by atoms with van der Waals surface area (Å²) in [5.74, 6) is 2.13. The Balaban J connectivity index is 0.00000504. The molecule has 4 aromatic carbocycles. The van der Waals surface area contributed by atoms with Crippen molar-refractivity contribution < 1.29 is 23.4 Å². The lowest BCUT2D eigenvalue weighted by molar-refractivity contribution is -0.104. The minimum atomic E-state index is -0.269. The quantitative estimate of drug-likeness (QED) is 0.0836. The van der Waals surface area contributed by atoms with Crippen LogP contribution in [-0.4, -0.2) is 53.9 Å². The fraction of sp³-hybridized carbons (Fsp3) is 0.220. The van der Waals surface area contributed by atoms with Crippen molar-refractivity contribution >= 4 is 36.0 Å². The molecule has 1 aromatic heterocycles. The summed E-state index contributed by atoms with van der Waals surface area (Å²) in [5, 5.41) is 0.662. The zero-order valence-corrected chi connectivity index (χ0v) is 29.9. The number of pyridine rings is 1. The molecule has 6 rings (SSSR count). The highest BCUT2D eigenvalue weighted by Crippen LogP contribution is 2.30. The zero-order valence-electron chi connectivity index (χ0n) is 28.3. The van der Waals surface area contributed by atoms with Gasteiger partial charge in [0.15, 0.2) is 0 Å². The second-order valence-corrected chi connectivity index (χ2v) is 12.5. The van der Waals surface area contributed by atoms with Gasteiger partial charge in [-0.05, 0) is 78.2 Å². The lowest BCUT2D eigenvalue weighted by Gasteiger charge is -2.37. The number of allylic oxidation sites excluding steroid dienone is 1. The number of halogens is 3. The molecular formula is C41H40Cl2FN3O4. The van der Waals surface area contributed by atoms with Gasteiger partial charge in [0.05, 0.1) is 12.8 Å². The molecule has 264 valence electrons. The molecule has 0 amide bonds. The number of rotatable bonds is 14. The van der Waals surface area contributed by atoms with Gasteiger partial charge in [0, 0.05) is 73.1 Å². The highest BCUT2D eigenvalue weighted by atomic mass is 35.5. The monoisotopic (exact) mass is 727 g/mol. The van der Waals surface area contributed by atoms with Crippen LogP contribution >= 0.6 is 24.0 Å². The number of hydrogen-bond donors (Lipinski definition) is 0. The van der Waals surface area contributed by atoms with Crippen molar-refractivity contribution in [3.63, 3.8) is 0 Å². The van der Waals surface area contributed by atoms with Crippen molar-refractivity contribution in [2.24, 2.45) is 0 Å². The van der Waals surface area contributed by atoms with Crippen LogP contribution in [0, 0.1) is 12.7 Å². The number of benzene rings is 4. The predicted octanol–water partition coefficient (Wildman–Crippen LogP) is 8.95. The molecule has 0 radical (unpaired) electrons. The normalized spacial score (nSPS) is 13.3. The van der Waals surface area contributed by atoms with Crippen LogP contribution in [-0.2, 0) is 24.4 Å². The van der Waals surface area contributed by atoms with Crippen molar-refractivity contribution in [3.05, 3.63) is 154 Å². The first-order valence-electron chi connectivity index (χ1n) is 16.6. The molecule has 1 fully saturated rings. The molecule has 0 aliphatic carbocycles. The molecule has 0 spiro atoms. The van der Waals surface area contributed by atoms with E-state index in [4.69, 9.17) is 25.8 Å². The summed E-state index contributed by atoms with van der Waals surface area (Å²) in [6, 6.07) is 31.7. The first-order chi connectivity index (χ1) is 24.4. The van der Waals surface area contributed by atoms with E-state index in [1.807, 2.05) is 55.5 Å². The first kappa shape index (κ1) is 37.4. The van der Waals surface area contributed by atoms with E-state index in [1.165, 1.54) is 23.3 Å². The second-order valence-electron chi connectivity index (χ2n) is 12.1. The second kappa shape index (κ2) is 18.4. The van der Waals surface area contributed by atoms with Crippen LogP contribution in [0.4, 0.5) is 4.39 Å². The number of aldehydes is 1. The van der Waals surface area contributed by atoms with E-state index >= 15 is 0 Å². The minimum absolute atomic E-state index is 0. The minimum Gasteiger partial charge on any atom is -0.493 e. The number of nitrogens with zero attached hydrogens (tertiary/aromatic N) is 3. The number of ether oxygens (including phenoxy) is 3. The Kier molecular flexibility index (Phi) is 13.5. The molecule has 0 unspecified atom stereocenters. The van der Waals surface area contributed by atoms with E-state index in [9.17, 15) is 9.18 Å². The van der Waals surface area contributed by atoms with Gasteiger partial charge in [-0.25, -0.2) is 9.37 Å². The van der Waals surface area contributed by atoms with E-state index in [-0.39, 0.29) is 18.2 Å². The van der Waals surface area contributed by atoms with Crippen LogP contribution in [0.1, 0.15) is 27.8 Å². The Morgan fingerprint density at radius 3 is 2.24 bits per heavy atom. The van der Waals surface area contributed by atoms with Crippen LogP contribution in [0.2, 0.25) is 5.02 Å². The molecular weight excluding hydrogens is 688 g/mol. The van der Waals surface area contributed by atoms with E-state index in [2.05, 4.69) is 39.0 Å². The van der Waals surface area contributed by atoms with E-state index in [0.717, 1.165) is 67.8 Å². The van der Waals surface area contributed by atoms with Crippen molar-refractivity contribution in [2.75, 3.05) is 32.8 Å². The predicted molar refractivity (Wildman–Crippen MR) is 201 cm³/mol. The topological polar surface area (TPSA) is 64.1 Å². The van der Waals surface area contributed by atoms with E-state index in [1.54, 1.807) is 30.5 Å². The third-order valence-corrected chi connectivity index (χ3v) is 8.97. The number of carbonyl (C=O) groups excluding carboxylic acids is 1. The molecule has 1 aliphatic rings. The van der Waals surface area contributed by atoms with Gasteiger partial charge in [-0.3, -0.25) is 9.69 Å². The Morgan fingerprint density at radius 1 is 0.843 bits per heavy atom. The van der Waals surface area contributed by atoms with Gasteiger partial charge in [-0.1, -0.05) is 54.1 Å². The van der Waals surface area contributed by atoms with Crippen LogP contribution in [0.25, 0.3) is 5.70 Å². The molecule has 0 bridgehead atoms. The van der Waals surface area contributed by atoms with Gasteiger partial charge >= 0.3 is 0 Å². The summed E-state index contributed by atoms with van der Waals surface area (Å²) >= 11 is 6.22. The highest BCUT2D eigenvalue weighted by molar-refractivity contribution is 6.31. The lowest BCUT2D eigenvalue weighted by Crippen LogP contribution is -2.45. The molecule has 10 heteroatoms. The van der Waals surface area contributed by atoms with Crippen molar-refractivity contribution in [1.82, 2.24) is 14.8 Å². The summed E-state index contributed by atoms with van der Waals surface area (Å²) in [5.41, 5.74) is 6.26. The van der Waals surface area contributed by atoms with Gasteiger partial charge in [0.1, 0.15) is 36.0 Å². The van der Waals surface area contributed by atoms with Crippen LogP contribution < -0.4 is 14.2 Å². The molecule has 7 nitrogen and oxygen atoms in total. The smallest absolute Gasteiger partial charge is 0.219 e. The number of hydrogen-bond acceptors (Lipinski definition) is 7. The third-order valence-electron chi connectivity index (χ3n) is 8.60. The van der Waals surface area contributed by atoms with Gasteiger partial charge in [0.25, 0.3) is 0 Å². The van der Waals surface area contributed by atoms with Crippen molar-refractivity contribution in [3.8, 4) is 23.1 Å². The van der Waals surface area contributed by atoms with Crippen molar-refractivity contribution in [2.45, 2.75) is 26.5 Å². The molecule has 0 N–H and O–H groups in total. The Morgan fingerprint density at radius 2 is 1.55 bits per heavy atom. The molecule has 0 atom stereocenters. The maximum absolute atomic E-state index is 13.1. The van der Waals surface area contributed by atoms with E-state index < -0.39 is 0 Å². The van der Waals surface area contributed by atoms with Crippen LogP contribution in [0.3, 0.4) is 0 Å². The van der Waals surface area contributed by atoms with Gasteiger partial charge in [-0.15, -0.1) is 12.4 Å². The average Bonchev–Trinajstić information content (AvgIpc) is 3.13. The number of carbonyl (C=O) groups is 1. The van der Waals surface area contributed by atoms with Crippen molar-refractivity contribution in [1.29, 1.82) is 0 Å². The third kappa shape index (κ3) is 10.6. The van der Waals surface area contributed by atoms with Crippen LogP contribution in [0.5, 0.6) is 23.1 Å². The summed E-state index contributed by atoms with van der Waals surface area (Å²) < 4.78 is 30.7. The fourth-order valence-electron chi connectivity index (χ4n) is 5.86. The first-order valence-corrected chi connectivity index (χ1v) is 17.0. The molecule has 0 saturated carbocycles. The number of piperazine rings is 1. The number of aromatic nitrogens is 1. The molecule has 5 aromatic rings. The largest absolute Gasteiger partial charge is 0.493 e. The molecule has 1 saturated heterocycles. The molecule has 2 heterocycles. The highest BCUT2D eigenvalue weighted by Gasteiger charge is 2.21. The maximum Gasteiger partial charge on any atom is 0.219 e. The summed E-state index contributed by atoms with van der Waals surface area (Å²) in [6.07, 6.45) is 4.92. The van der Waals surface area contributed by atoms with Crippen LogP contribution in [0.15, 0.2) is 115 Å². The van der Waals surface area contributed by atoms with Gasteiger partial charge in [-0.2, -0.15) is 0 Å². The van der Waals surface area contributed by atoms with E-state index in [0.29, 0.717) is 41.4 Å². The maximum atomic E-state index is 13.1. The van der Waals surface area contributed by atoms with Gasteiger partial charge in [0.2, 0.25) is 5.88 Å². The molecule has 51 heavy (non-hydrogen) atoms. The summed E-state index contributed by atoms with van der Waals surface area (Å²) in [4.78, 5) is 20.8. The summed E-state index contributed by atoms with van der Waals surface area (Å²) in [7, 11) is 0. The SMILES string of the molecule is Cc1cc(Oc2ccc(OCc3ccccc3Cl)cn2)ccc1/C(=C\C=O)N1CCN(Cc2ccc(CCOc3ccc(F)cc3)cc2)CC1.Cl. The zero-order chi connectivity index (χ0) is 34.7. The lowest BCUT2D eigenvalue weighted by atomic mass is 10.0. The molecule has 1 aliphatic heterocycles. The average molecular weight is 729 g/mol.